The van der Waals surface area contributed by atoms with Crippen molar-refractivity contribution in [2.24, 2.45) is 5.41 Å². The first-order chi connectivity index (χ1) is 14.9. The molecule has 1 atom stereocenters. The van der Waals surface area contributed by atoms with Crippen molar-refractivity contribution >= 4 is 11.8 Å². The van der Waals surface area contributed by atoms with Crippen LogP contribution in [0.25, 0.3) is 0 Å². The van der Waals surface area contributed by atoms with E-state index in [1.165, 1.54) is 12.1 Å². The Balaban J connectivity index is 1.71. The predicted octanol–water partition coefficient (Wildman–Crippen LogP) is 3.17. The molecule has 0 saturated carbocycles. The molecule has 0 aromatic heterocycles. The standard InChI is InChI=1S/C24H36FN3O3/c1-3-4-6-22(29)28-12-5-11-24(18-28,19-31-21-9-7-20(25)8-10-21)17-23(30)27-15-13-26(2)14-16-27/h7-10H,3-6,11-19H2,1-2H3. The SMILES string of the molecule is CCCCC(=O)N1CCCC(COc2ccc(F)cc2)(CC(=O)N2CCN(C)CC2)C1. The van der Waals surface area contributed by atoms with Gasteiger partial charge >= 0.3 is 0 Å². The molecule has 1 aromatic carbocycles. The van der Waals surface area contributed by atoms with Gasteiger partial charge in [-0.05, 0) is 50.6 Å². The maximum absolute atomic E-state index is 13.3. The van der Waals surface area contributed by atoms with Crippen LogP contribution in [0.5, 0.6) is 5.75 Å². The summed E-state index contributed by atoms with van der Waals surface area (Å²) in [7, 11) is 2.07. The van der Waals surface area contributed by atoms with Gasteiger partial charge in [-0.3, -0.25) is 9.59 Å². The number of piperidine rings is 1. The van der Waals surface area contributed by atoms with E-state index in [1.54, 1.807) is 12.1 Å². The molecular formula is C24H36FN3O3. The summed E-state index contributed by atoms with van der Waals surface area (Å²) in [6.07, 6.45) is 4.49. The van der Waals surface area contributed by atoms with Gasteiger partial charge in [0.1, 0.15) is 11.6 Å². The second-order valence-corrected chi connectivity index (χ2v) is 9.13. The molecule has 2 amide bonds. The Kier molecular flexibility index (Phi) is 8.29. The molecule has 2 aliphatic heterocycles. The van der Waals surface area contributed by atoms with Gasteiger partial charge in [0.25, 0.3) is 0 Å². The molecule has 0 spiro atoms. The summed E-state index contributed by atoms with van der Waals surface area (Å²) < 4.78 is 19.3. The van der Waals surface area contributed by atoms with Crippen molar-refractivity contribution in [2.45, 2.75) is 45.4 Å². The Labute approximate surface area is 185 Å². The first kappa shape index (κ1) is 23.5. The minimum Gasteiger partial charge on any atom is -0.493 e. The number of carbonyl (C=O) groups is 2. The average Bonchev–Trinajstić information content (AvgIpc) is 2.77. The van der Waals surface area contributed by atoms with Crippen LogP contribution in [0.1, 0.15) is 45.4 Å². The summed E-state index contributed by atoms with van der Waals surface area (Å²) in [4.78, 5) is 32.0. The Morgan fingerprint density at radius 1 is 1.03 bits per heavy atom. The van der Waals surface area contributed by atoms with Crippen LogP contribution in [0.3, 0.4) is 0 Å². The number of carbonyl (C=O) groups excluding carboxylic acids is 2. The Morgan fingerprint density at radius 2 is 1.74 bits per heavy atom. The van der Waals surface area contributed by atoms with E-state index in [2.05, 4.69) is 18.9 Å². The zero-order valence-corrected chi connectivity index (χ0v) is 18.9. The number of piperazine rings is 1. The van der Waals surface area contributed by atoms with Gasteiger partial charge in [0.15, 0.2) is 0 Å². The number of amides is 2. The smallest absolute Gasteiger partial charge is 0.223 e. The largest absolute Gasteiger partial charge is 0.493 e. The molecule has 1 aromatic rings. The minimum absolute atomic E-state index is 0.138. The molecule has 2 aliphatic rings. The Bertz CT molecular complexity index is 734. The summed E-state index contributed by atoms with van der Waals surface area (Å²) >= 11 is 0. The highest BCUT2D eigenvalue weighted by molar-refractivity contribution is 5.78. The van der Waals surface area contributed by atoms with Gasteiger partial charge in [-0.2, -0.15) is 0 Å². The van der Waals surface area contributed by atoms with Crippen molar-refractivity contribution in [3.05, 3.63) is 30.1 Å². The Morgan fingerprint density at radius 3 is 2.42 bits per heavy atom. The van der Waals surface area contributed by atoms with Gasteiger partial charge in [0.2, 0.25) is 11.8 Å². The van der Waals surface area contributed by atoms with E-state index < -0.39 is 5.41 Å². The molecule has 2 saturated heterocycles. The number of unbranched alkanes of at least 4 members (excludes halogenated alkanes) is 1. The van der Waals surface area contributed by atoms with E-state index in [1.807, 2.05) is 9.80 Å². The van der Waals surface area contributed by atoms with E-state index in [9.17, 15) is 14.0 Å². The molecule has 0 bridgehead atoms. The highest BCUT2D eigenvalue weighted by Gasteiger charge is 2.41. The van der Waals surface area contributed by atoms with Crippen molar-refractivity contribution in [3.63, 3.8) is 0 Å². The summed E-state index contributed by atoms with van der Waals surface area (Å²) in [5, 5.41) is 0. The molecule has 2 fully saturated rings. The highest BCUT2D eigenvalue weighted by Crippen LogP contribution is 2.36. The van der Waals surface area contributed by atoms with Crippen molar-refractivity contribution in [2.75, 3.05) is 52.9 Å². The van der Waals surface area contributed by atoms with Crippen molar-refractivity contribution in [1.82, 2.24) is 14.7 Å². The molecule has 3 rings (SSSR count). The lowest BCUT2D eigenvalue weighted by Gasteiger charge is -2.43. The Hall–Kier alpha value is -2.15. The predicted molar refractivity (Wildman–Crippen MR) is 118 cm³/mol. The fraction of sp³-hybridized carbons (Fsp3) is 0.667. The summed E-state index contributed by atoms with van der Waals surface area (Å²) in [5.41, 5.74) is -0.422. The molecule has 0 N–H and O–H groups in total. The topological polar surface area (TPSA) is 53.1 Å². The van der Waals surface area contributed by atoms with E-state index in [4.69, 9.17) is 4.74 Å². The lowest BCUT2D eigenvalue weighted by atomic mass is 9.77. The van der Waals surface area contributed by atoms with E-state index in [0.717, 1.165) is 58.4 Å². The third kappa shape index (κ3) is 6.66. The van der Waals surface area contributed by atoms with Crippen LogP contribution < -0.4 is 4.74 Å². The van der Waals surface area contributed by atoms with Crippen LogP contribution in [-0.4, -0.2) is 79.4 Å². The number of ether oxygens (including phenoxy) is 1. The first-order valence-corrected chi connectivity index (χ1v) is 11.5. The number of hydrogen-bond acceptors (Lipinski definition) is 4. The minimum atomic E-state index is -0.422. The van der Waals surface area contributed by atoms with Crippen LogP contribution in [0.15, 0.2) is 24.3 Å². The summed E-state index contributed by atoms with van der Waals surface area (Å²) in [6, 6.07) is 5.97. The second-order valence-electron chi connectivity index (χ2n) is 9.13. The molecule has 172 valence electrons. The van der Waals surface area contributed by atoms with E-state index in [-0.39, 0.29) is 17.6 Å². The number of rotatable bonds is 8. The normalized spacial score (nSPS) is 22.4. The van der Waals surface area contributed by atoms with Gasteiger partial charge in [-0.25, -0.2) is 4.39 Å². The number of benzene rings is 1. The third-order valence-corrected chi connectivity index (χ3v) is 6.50. The molecule has 31 heavy (non-hydrogen) atoms. The fourth-order valence-corrected chi connectivity index (χ4v) is 4.48. The van der Waals surface area contributed by atoms with E-state index in [0.29, 0.717) is 31.7 Å². The third-order valence-electron chi connectivity index (χ3n) is 6.50. The second kappa shape index (κ2) is 10.9. The first-order valence-electron chi connectivity index (χ1n) is 11.5. The average molecular weight is 434 g/mol. The molecule has 0 radical (unpaired) electrons. The number of likely N-dealkylation sites (tertiary alicyclic amines) is 1. The molecule has 1 unspecified atom stereocenters. The highest BCUT2D eigenvalue weighted by atomic mass is 19.1. The molecule has 6 nitrogen and oxygen atoms in total. The van der Waals surface area contributed by atoms with Gasteiger partial charge in [-0.15, -0.1) is 0 Å². The number of likely N-dealkylation sites (N-methyl/N-ethyl adjacent to an activating group) is 1. The quantitative estimate of drug-likeness (QED) is 0.632. The molecule has 2 heterocycles. The number of nitrogens with zero attached hydrogens (tertiary/aromatic N) is 3. The van der Waals surface area contributed by atoms with Crippen LogP contribution in [0, 0.1) is 11.2 Å². The lowest BCUT2D eigenvalue weighted by Crippen LogP contribution is -2.53. The fourth-order valence-electron chi connectivity index (χ4n) is 4.48. The van der Waals surface area contributed by atoms with Crippen molar-refractivity contribution in [1.29, 1.82) is 0 Å². The maximum atomic E-state index is 13.3. The van der Waals surface area contributed by atoms with Crippen LogP contribution in [-0.2, 0) is 9.59 Å². The van der Waals surface area contributed by atoms with Crippen LogP contribution in [0.4, 0.5) is 4.39 Å². The van der Waals surface area contributed by atoms with Crippen molar-refractivity contribution < 1.29 is 18.7 Å². The van der Waals surface area contributed by atoms with Crippen LogP contribution in [0.2, 0.25) is 0 Å². The monoisotopic (exact) mass is 433 g/mol. The number of hydrogen-bond donors (Lipinski definition) is 0. The molecule has 0 aliphatic carbocycles. The van der Waals surface area contributed by atoms with Crippen LogP contribution >= 0.6 is 0 Å². The van der Waals surface area contributed by atoms with Crippen molar-refractivity contribution in [3.8, 4) is 5.75 Å². The van der Waals surface area contributed by atoms with E-state index >= 15 is 0 Å². The van der Waals surface area contributed by atoms with Gasteiger partial charge in [0.05, 0.1) is 6.61 Å². The lowest BCUT2D eigenvalue weighted by molar-refractivity contribution is -0.142. The number of halogens is 1. The van der Waals surface area contributed by atoms with Gasteiger partial charge in [0, 0.05) is 57.5 Å². The van der Waals surface area contributed by atoms with Gasteiger partial charge < -0.3 is 19.4 Å². The summed E-state index contributed by atoms with van der Waals surface area (Å²) in [6.45, 7) is 6.94. The van der Waals surface area contributed by atoms with Gasteiger partial charge in [-0.1, -0.05) is 13.3 Å². The summed E-state index contributed by atoms with van der Waals surface area (Å²) in [5.74, 6) is 0.582. The zero-order chi connectivity index (χ0) is 22.3. The molecule has 7 heteroatoms. The maximum Gasteiger partial charge on any atom is 0.223 e. The molecular weight excluding hydrogens is 397 g/mol. The zero-order valence-electron chi connectivity index (χ0n) is 18.9.